The van der Waals surface area contributed by atoms with Gasteiger partial charge in [0.1, 0.15) is 0 Å². The predicted molar refractivity (Wildman–Crippen MR) is 178 cm³/mol. The van der Waals surface area contributed by atoms with Crippen molar-refractivity contribution < 1.29 is 25.9 Å². The van der Waals surface area contributed by atoms with Crippen LogP contribution in [0.3, 0.4) is 0 Å². The maximum atomic E-state index is 11.8. The summed E-state index contributed by atoms with van der Waals surface area (Å²) in [5.74, 6) is 0. The van der Waals surface area contributed by atoms with Crippen molar-refractivity contribution in [1.29, 1.82) is 0 Å². The molecule has 1 aliphatic rings. The minimum atomic E-state index is -4.39. The number of hydrogen-bond acceptors (Lipinski definition) is 12. The van der Waals surface area contributed by atoms with Crippen molar-refractivity contribution in [2.24, 2.45) is 0 Å². The fraction of sp³-hybridized carbons (Fsp3) is 0.375. The molecule has 1 saturated heterocycles. The van der Waals surface area contributed by atoms with E-state index in [2.05, 4.69) is 39.5 Å². The van der Waals surface area contributed by atoms with Crippen LogP contribution in [-0.4, -0.2) is 118 Å². The molecule has 48 heavy (non-hydrogen) atoms. The summed E-state index contributed by atoms with van der Waals surface area (Å²) in [4.78, 5) is 26.5. The molecule has 0 amide bonds. The van der Waals surface area contributed by atoms with E-state index in [1.54, 1.807) is 12.4 Å². The molecule has 2 N–H and O–H groups in total. The van der Waals surface area contributed by atoms with Gasteiger partial charge in [0, 0.05) is 103 Å². The standard InChI is InChI=1S/C32H40N8O6S2/c41-47(42,43)31-7-11-35-29(21-31)25-39-17-15-37(23-27-5-1-3-9-33-27)13-14-38(24-28-6-2-4-10-34-28)16-18-40(20-19-39)26-30-22-32(8-12-36-30)48(44,45)46/h1-12,21-22H,13-20,23-26H2,(H,41,42,43)(H,44,45,46). The van der Waals surface area contributed by atoms with E-state index < -0.39 is 20.2 Å². The first-order valence-electron chi connectivity index (χ1n) is 15.6. The van der Waals surface area contributed by atoms with Crippen LogP contribution in [0.15, 0.2) is 95.2 Å². The molecule has 0 unspecified atom stereocenters. The summed E-state index contributed by atoms with van der Waals surface area (Å²) >= 11 is 0. The second-order valence-corrected chi connectivity index (χ2v) is 14.5. The van der Waals surface area contributed by atoms with Crippen LogP contribution in [0.2, 0.25) is 0 Å². The van der Waals surface area contributed by atoms with Crippen molar-refractivity contribution >= 4 is 20.2 Å². The van der Waals surface area contributed by atoms with Crippen LogP contribution in [-0.2, 0) is 46.4 Å². The van der Waals surface area contributed by atoms with Gasteiger partial charge in [0.2, 0.25) is 0 Å². The van der Waals surface area contributed by atoms with Crippen LogP contribution < -0.4 is 0 Å². The van der Waals surface area contributed by atoms with Gasteiger partial charge in [0.05, 0.1) is 32.6 Å². The molecule has 0 atom stereocenters. The molecule has 1 fully saturated rings. The van der Waals surface area contributed by atoms with Crippen LogP contribution in [0.5, 0.6) is 0 Å². The Morgan fingerprint density at radius 2 is 0.771 bits per heavy atom. The first-order chi connectivity index (χ1) is 23.0. The highest BCUT2D eigenvalue weighted by Crippen LogP contribution is 2.15. The van der Waals surface area contributed by atoms with Crippen molar-refractivity contribution in [3.63, 3.8) is 0 Å². The van der Waals surface area contributed by atoms with Crippen molar-refractivity contribution in [1.82, 2.24) is 39.5 Å². The smallest absolute Gasteiger partial charge is 0.294 e. The largest absolute Gasteiger partial charge is 0.295 e. The summed E-state index contributed by atoms with van der Waals surface area (Å²) in [5.41, 5.74) is 2.93. The lowest BCUT2D eigenvalue weighted by Gasteiger charge is -2.34. The van der Waals surface area contributed by atoms with Crippen LogP contribution >= 0.6 is 0 Å². The number of aromatic nitrogens is 4. The number of nitrogens with zero attached hydrogens (tertiary/aromatic N) is 8. The number of rotatable bonds is 10. The van der Waals surface area contributed by atoms with Gasteiger partial charge in [-0.15, -0.1) is 0 Å². The summed E-state index contributed by atoms with van der Waals surface area (Å²) in [6.45, 7) is 7.33. The minimum Gasteiger partial charge on any atom is -0.295 e. The zero-order valence-corrected chi connectivity index (χ0v) is 28.1. The van der Waals surface area contributed by atoms with Gasteiger partial charge in [-0.2, -0.15) is 16.8 Å². The quantitative estimate of drug-likeness (QED) is 0.231. The molecule has 4 aromatic rings. The summed E-state index contributed by atoms with van der Waals surface area (Å²) in [6, 6.07) is 17.0. The summed E-state index contributed by atoms with van der Waals surface area (Å²) in [6.07, 6.45) is 6.32. The van der Waals surface area contributed by atoms with Gasteiger partial charge in [0.15, 0.2) is 0 Å². The van der Waals surface area contributed by atoms with E-state index in [1.165, 1.54) is 36.7 Å². The Morgan fingerprint density at radius 3 is 1.06 bits per heavy atom. The van der Waals surface area contributed by atoms with E-state index in [4.69, 9.17) is 0 Å². The molecule has 0 aromatic carbocycles. The average Bonchev–Trinajstić information content (AvgIpc) is 3.06. The van der Waals surface area contributed by atoms with Crippen LogP contribution in [0, 0.1) is 0 Å². The molecule has 14 nitrogen and oxygen atoms in total. The second kappa shape index (κ2) is 16.6. The fourth-order valence-electron chi connectivity index (χ4n) is 5.52. The van der Waals surface area contributed by atoms with Gasteiger partial charge in [-0.25, -0.2) is 0 Å². The molecule has 0 spiro atoms. The van der Waals surface area contributed by atoms with E-state index >= 15 is 0 Å². The zero-order valence-electron chi connectivity index (χ0n) is 26.5. The Morgan fingerprint density at radius 1 is 0.458 bits per heavy atom. The Balaban J connectivity index is 1.40. The third-order valence-corrected chi connectivity index (χ3v) is 9.80. The molecular formula is C32H40N8O6S2. The van der Waals surface area contributed by atoms with Crippen molar-refractivity contribution in [3.8, 4) is 0 Å². The van der Waals surface area contributed by atoms with Gasteiger partial charge < -0.3 is 0 Å². The Labute approximate surface area is 281 Å². The summed E-state index contributed by atoms with van der Waals surface area (Å²) in [5, 5.41) is 0. The fourth-order valence-corrected chi connectivity index (χ4v) is 6.55. The van der Waals surface area contributed by atoms with Crippen molar-refractivity contribution in [2.45, 2.75) is 36.0 Å². The molecule has 0 radical (unpaired) electrons. The average molecular weight is 697 g/mol. The second-order valence-electron chi connectivity index (χ2n) is 11.7. The lowest BCUT2D eigenvalue weighted by molar-refractivity contribution is 0.120. The van der Waals surface area contributed by atoms with Gasteiger partial charge in [0.25, 0.3) is 20.2 Å². The SMILES string of the molecule is O=S(=O)(O)c1ccnc(CN2CCN(Cc3ccccn3)CCN(Cc3ccccn3)CCN(Cc3cc(S(=O)(=O)O)ccn3)CC2)c1. The molecule has 16 heteroatoms. The summed E-state index contributed by atoms with van der Waals surface area (Å²) < 4.78 is 66.5. The first kappa shape index (κ1) is 35.6. The highest BCUT2D eigenvalue weighted by Gasteiger charge is 2.20. The van der Waals surface area contributed by atoms with Gasteiger partial charge in [-0.1, -0.05) is 12.1 Å². The highest BCUT2D eigenvalue weighted by molar-refractivity contribution is 7.86. The molecule has 5 heterocycles. The third-order valence-electron chi connectivity index (χ3n) is 8.10. The third kappa shape index (κ3) is 11.2. The number of pyridine rings is 4. The zero-order chi connectivity index (χ0) is 34.0. The van der Waals surface area contributed by atoms with Crippen LogP contribution in [0.25, 0.3) is 0 Å². The Kier molecular flexibility index (Phi) is 12.3. The molecule has 256 valence electrons. The number of hydrogen-bond donors (Lipinski definition) is 2. The molecule has 1 aliphatic heterocycles. The molecule has 5 rings (SSSR count). The van der Waals surface area contributed by atoms with E-state index in [1.807, 2.05) is 36.4 Å². The molecule has 0 bridgehead atoms. The van der Waals surface area contributed by atoms with Crippen LogP contribution in [0.1, 0.15) is 22.8 Å². The van der Waals surface area contributed by atoms with Gasteiger partial charge >= 0.3 is 0 Å². The topological polar surface area (TPSA) is 173 Å². The lowest BCUT2D eigenvalue weighted by Crippen LogP contribution is -2.45. The lowest BCUT2D eigenvalue weighted by atomic mass is 10.2. The highest BCUT2D eigenvalue weighted by atomic mass is 32.2. The van der Waals surface area contributed by atoms with Crippen molar-refractivity contribution in [3.05, 3.63) is 108 Å². The Bertz CT molecular complexity index is 1700. The predicted octanol–water partition coefficient (Wildman–Crippen LogP) is 2.08. The van der Waals surface area contributed by atoms with Crippen molar-refractivity contribution in [2.75, 3.05) is 52.4 Å². The maximum Gasteiger partial charge on any atom is 0.294 e. The summed E-state index contributed by atoms with van der Waals surface area (Å²) in [7, 11) is -8.77. The normalized spacial score (nSPS) is 17.0. The molecular weight excluding hydrogens is 657 g/mol. The van der Waals surface area contributed by atoms with E-state index in [0.717, 1.165) is 24.5 Å². The first-order valence-corrected chi connectivity index (χ1v) is 18.4. The van der Waals surface area contributed by atoms with E-state index in [-0.39, 0.29) is 9.79 Å². The molecule has 4 aromatic heterocycles. The molecule has 0 aliphatic carbocycles. The van der Waals surface area contributed by atoms with E-state index in [0.29, 0.717) is 76.8 Å². The van der Waals surface area contributed by atoms with Gasteiger partial charge in [-0.3, -0.25) is 48.6 Å². The van der Waals surface area contributed by atoms with E-state index in [9.17, 15) is 25.9 Å². The monoisotopic (exact) mass is 696 g/mol. The maximum absolute atomic E-state index is 11.8. The minimum absolute atomic E-state index is 0.210. The van der Waals surface area contributed by atoms with Crippen LogP contribution in [0.4, 0.5) is 0 Å². The van der Waals surface area contributed by atoms with Gasteiger partial charge in [-0.05, 0) is 48.5 Å². The Hall–Kier alpha value is -3.74. The molecule has 0 saturated carbocycles.